The molecule has 1 N–H and O–H groups in total. The monoisotopic (exact) mass is 599 g/mol. The van der Waals surface area contributed by atoms with Gasteiger partial charge in [-0.05, 0) is 69.4 Å². The van der Waals surface area contributed by atoms with Crippen LogP contribution in [0.25, 0.3) is 10.9 Å². The summed E-state index contributed by atoms with van der Waals surface area (Å²) in [5.41, 5.74) is 0.667. The third-order valence-electron chi connectivity index (χ3n) is 3.39. The second-order valence-corrected chi connectivity index (χ2v) is 8.33. The fraction of sp³-hybridized carbons (Fsp3) is 0.0625. The highest BCUT2D eigenvalue weighted by molar-refractivity contribution is 14.1. The van der Waals surface area contributed by atoms with Crippen molar-refractivity contribution in [3.63, 3.8) is 0 Å². The van der Waals surface area contributed by atoms with Gasteiger partial charge in [-0.15, -0.1) is 0 Å². The van der Waals surface area contributed by atoms with Crippen LogP contribution in [0.15, 0.2) is 41.5 Å². The van der Waals surface area contributed by atoms with Gasteiger partial charge in [-0.3, -0.25) is 14.2 Å². The third kappa shape index (κ3) is 4.09. The summed E-state index contributed by atoms with van der Waals surface area (Å²) in [7, 11) is 0. The van der Waals surface area contributed by atoms with E-state index < -0.39 is 5.91 Å². The van der Waals surface area contributed by atoms with Crippen molar-refractivity contribution < 1.29 is 4.79 Å². The summed E-state index contributed by atoms with van der Waals surface area (Å²) in [6.45, 7) is -0.189. The van der Waals surface area contributed by atoms with Gasteiger partial charge in [-0.1, -0.05) is 29.3 Å². The Morgan fingerprint density at radius 3 is 2.56 bits per heavy atom. The average Bonchev–Trinajstić information content (AvgIpc) is 2.54. The number of carbonyl (C=O) groups is 1. The van der Waals surface area contributed by atoms with Crippen LogP contribution < -0.4 is 10.9 Å². The molecule has 0 saturated carbocycles. The summed E-state index contributed by atoms with van der Waals surface area (Å²) in [5, 5.41) is 3.76. The van der Waals surface area contributed by atoms with Crippen molar-refractivity contribution in [1.29, 1.82) is 0 Å². The number of benzene rings is 2. The van der Waals surface area contributed by atoms with Crippen LogP contribution in [0, 0.1) is 7.14 Å². The molecule has 1 heterocycles. The molecule has 9 heteroatoms. The fourth-order valence-corrected chi connectivity index (χ4v) is 4.73. The number of amides is 1. The minimum absolute atomic E-state index is 0.189. The van der Waals surface area contributed by atoms with Gasteiger partial charge in [0.25, 0.3) is 5.56 Å². The maximum Gasteiger partial charge on any atom is 0.261 e. The number of hydrogen-bond donors (Lipinski definition) is 1. The molecule has 3 rings (SSSR count). The van der Waals surface area contributed by atoms with Crippen molar-refractivity contribution in [3.05, 3.63) is 64.2 Å². The number of anilines is 1. The lowest BCUT2D eigenvalue weighted by atomic mass is 10.2. The number of nitrogens with zero attached hydrogens (tertiary/aromatic N) is 2. The summed E-state index contributed by atoms with van der Waals surface area (Å²) >= 11 is 16.4. The number of hydrogen-bond acceptors (Lipinski definition) is 3. The number of para-hydroxylation sites is 1. The van der Waals surface area contributed by atoms with E-state index in [0.29, 0.717) is 26.6 Å². The van der Waals surface area contributed by atoms with Crippen molar-refractivity contribution >= 4 is 90.9 Å². The molecular formula is C16H9Cl2I2N3O2. The molecule has 0 saturated heterocycles. The van der Waals surface area contributed by atoms with Crippen LogP contribution >= 0.6 is 68.4 Å². The van der Waals surface area contributed by atoms with Gasteiger partial charge in [-0.25, -0.2) is 4.98 Å². The zero-order chi connectivity index (χ0) is 18.1. The van der Waals surface area contributed by atoms with E-state index in [9.17, 15) is 9.59 Å². The number of rotatable bonds is 3. The van der Waals surface area contributed by atoms with Gasteiger partial charge in [0.05, 0.1) is 33.0 Å². The lowest BCUT2D eigenvalue weighted by Crippen LogP contribution is -2.28. The maximum absolute atomic E-state index is 12.6. The Balaban J connectivity index is 1.92. The molecule has 128 valence electrons. The second-order valence-electron chi connectivity index (χ2n) is 5.11. The molecule has 0 bridgehead atoms. The number of carbonyl (C=O) groups excluding carboxylic acids is 1. The molecule has 5 nitrogen and oxygen atoms in total. The van der Waals surface area contributed by atoms with Gasteiger partial charge >= 0.3 is 0 Å². The normalized spacial score (nSPS) is 10.9. The average molecular weight is 600 g/mol. The summed E-state index contributed by atoms with van der Waals surface area (Å²) in [6, 6.07) is 8.62. The van der Waals surface area contributed by atoms with Crippen molar-refractivity contribution in [1.82, 2.24) is 9.55 Å². The van der Waals surface area contributed by atoms with E-state index in [-0.39, 0.29) is 12.1 Å². The Morgan fingerprint density at radius 2 is 1.88 bits per heavy atom. The quantitative estimate of drug-likeness (QED) is 0.450. The smallest absolute Gasteiger partial charge is 0.261 e. The maximum atomic E-state index is 12.6. The van der Waals surface area contributed by atoms with Gasteiger partial charge < -0.3 is 5.32 Å². The molecule has 0 aliphatic rings. The van der Waals surface area contributed by atoms with Crippen molar-refractivity contribution in [2.45, 2.75) is 6.54 Å². The van der Waals surface area contributed by atoms with Gasteiger partial charge in [0.15, 0.2) is 0 Å². The van der Waals surface area contributed by atoms with E-state index in [2.05, 4.69) is 55.5 Å². The van der Waals surface area contributed by atoms with Gasteiger partial charge in [-0.2, -0.15) is 0 Å². The van der Waals surface area contributed by atoms with Crippen molar-refractivity contribution in [2.24, 2.45) is 0 Å². The number of aromatic nitrogens is 2. The first-order valence-electron chi connectivity index (χ1n) is 6.95. The van der Waals surface area contributed by atoms with Crippen LogP contribution in [-0.2, 0) is 11.3 Å². The first-order chi connectivity index (χ1) is 11.9. The second kappa shape index (κ2) is 7.77. The molecule has 0 fully saturated rings. The van der Waals surface area contributed by atoms with E-state index >= 15 is 0 Å². The lowest BCUT2D eigenvalue weighted by molar-refractivity contribution is -0.116. The molecule has 0 unspecified atom stereocenters. The highest BCUT2D eigenvalue weighted by atomic mass is 127. The molecule has 3 aromatic rings. The standard InChI is InChI=1S/C16H9Cl2I2N3O2/c17-10-2-1-3-11(18)15(10)22-13(24)6-23-7-21-14-9(16(23)25)4-8(19)5-12(14)20/h1-5,7H,6H2,(H,22,24). The Bertz CT molecular complexity index is 1030. The molecule has 0 radical (unpaired) electrons. The highest BCUT2D eigenvalue weighted by Gasteiger charge is 2.13. The Kier molecular flexibility index (Phi) is 5.86. The molecular weight excluding hydrogens is 591 g/mol. The topological polar surface area (TPSA) is 64.0 Å². The minimum atomic E-state index is -0.418. The number of nitrogens with one attached hydrogen (secondary N) is 1. The molecule has 0 aliphatic heterocycles. The molecule has 0 atom stereocenters. The first-order valence-corrected chi connectivity index (χ1v) is 9.86. The Labute approximate surface area is 180 Å². The molecule has 2 aromatic carbocycles. The van der Waals surface area contributed by atoms with Crippen LogP contribution in [-0.4, -0.2) is 15.5 Å². The molecule has 0 aliphatic carbocycles. The first kappa shape index (κ1) is 18.9. The predicted octanol–water partition coefficient (Wildman–Crippen LogP) is 4.55. The van der Waals surface area contributed by atoms with E-state index in [0.717, 1.165) is 7.14 Å². The molecule has 1 amide bonds. The van der Waals surface area contributed by atoms with E-state index in [1.165, 1.54) is 10.9 Å². The number of fused-ring (bicyclic) bond motifs is 1. The van der Waals surface area contributed by atoms with Crippen LogP contribution in [0.5, 0.6) is 0 Å². The highest BCUT2D eigenvalue weighted by Crippen LogP contribution is 2.29. The summed E-state index contributed by atoms with van der Waals surface area (Å²) in [5.74, 6) is -0.418. The fourth-order valence-electron chi connectivity index (χ4n) is 2.26. The van der Waals surface area contributed by atoms with E-state index in [4.69, 9.17) is 23.2 Å². The number of halogens is 4. The summed E-state index contributed by atoms with van der Waals surface area (Å²) in [4.78, 5) is 29.2. The minimum Gasteiger partial charge on any atom is -0.322 e. The third-order valence-corrected chi connectivity index (χ3v) is 5.46. The Morgan fingerprint density at radius 1 is 1.20 bits per heavy atom. The summed E-state index contributed by atoms with van der Waals surface area (Å²) < 4.78 is 3.07. The van der Waals surface area contributed by atoms with Crippen molar-refractivity contribution in [3.8, 4) is 0 Å². The van der Waals surface area contributed by atoms with E-state index in [1.54, 1.807) is 24.3 Å². The molecule has 0 spiro atoms. The van der Waals surface area contributed by atoms with Crippen LogP contribution in [0.4, 0.5) is 5.69 Å². The van der Waals surface area contributed by atoms with Gasteiger partial charge in [0, 0.05) is 7.14 Å². The molecule has 1 aromatic heterocycles. The zero-order valence-electron chi connectivity index (χ0n) is 12.4. The van der Waals surface area contributed by atoms with Crippen LogP contribution in [0.2, 0.25) is 10.0 Å². The predicted molar refractivity (Wildman–Crippen MR) is 117 cm³/mol. The van der Waals surface area contributed by atoms with Crippen LogP contribution in [0.3, 0.4) is 0 Å². The van der Waals surface area contributed by atoms with Crippen LogP contribution in [0.1, 0.15) is 0 Å². The van der Waals surface area contributed by atoms with Gasteiger partial charge in [0.2, 0.25) is 5.91 Å². The zero-order valence-corrected chi connectivity index (χ0v) is 18.2. The largest absolute Gasteiger partial charge is 0.322 e. The SMILES string of the molecule is O=C(Cn1cnc2c(I)cc(I)cc2c1=O)Nc1c(Cl)cccc1Cl. The van der Waals surface area contributed by atoms with E-state index in [1.807, 2.05) is 6.07 Å². The lowest BCUT2D eigenvalue weighted by Gasteiger charge is -2.11. The Hall–Kier alpha value is -0.910. The summed E-state index contributed by atoms with van der Waals surface area (Å²) in [6.07, 6.45) is 1.37. The molecule has 25 heavy (non-hydrogen) atoms. The van der Waals surface area contributed by atoms with Crippen molar-refractivity contribution in [2.75, 3.05) is 5.32 Å². The van der Waals surface area contributed by atoms with Gasteiger partial charge in [0.1, 0.15) is 6.54 Å².